The summed E-state index contributed by atoms with van der Waals surface area (Å²) in [6.45, 7) is 3.93. The molecule has 1 aromatic heterocycles. The summed E-state index contributed by atoms with van der Waals surface area (Å²) >= 11 is 5.96. The molecule has 5 heteroatoms. The lowest BCUT2D eigenvalue weighted by atomic mass is 9.83. The molecule has 1 aromatic carbocycles. The highest BCUT2D eigenvalue weighted by atomic mass is 35.5. The number of fused-ring (bicyclic) bond motifs is 1. The molecule has 4 rings (SSSR count). The standard InChI is InChI=1S/C20H21ClN2O2/c1-20(18-6-5-14(21)12-23-18)11-17(24)16-4-2-3-15(19(16)25-20)13-7-9-22-10-8-13/h2-6,12-13,22H,7-11H2,1H3. The van der Waals surface area contributed by atoms with E-state index in [1.807, 2.05) is 25.1 Å². The molecule has 1 fully saturated rings. The molecular formula is C20H21ClN2O2. The smallest absolute Gasteiger partial charge is 0.171 e. The summed E-state index contributed by atoms with van der Waals surface area (Å²) in [4.78, 5) is 17.2. The predicted molar refractivity (Wildman–Crippen MR) is 97.5 cm³/mol. The quantitative estimate of drug-likeness (QED) is 0.880. The molecule has 25 heavy (non-hydrogen) atoms. The van der Waals surface area contributed by atoms with Gasteiger partial charge in [-0.1, -0.05) is 23.7 Å². The first-order valence-corrected chi connectivity index (χ1v) is 9.12. The highest BCUT2D eigenvalue weighted by Crippen LogP contribution is 2.44. The number of benzene rings is 1. The number of carbonyl (C=O) groups is 1. The van der Waals surface area contributed by atoms with Crippen molar-refractivity contribution in [1.29, 1.82) is 0 Å². The van der Waals surface area contributed by atoms with Crippen LogP contribution in [0.5, 0.6) is 5.75 Å². The van der Waals surface area contributed by atoms with E-state index in [9.17, 15) is 4.79 Å². The van der Waals surface area contributed by atoms with Crippen LogP contribution in [-0.4, -0.2) is 23.9 Å². The lowest BCUT2D eigenvalue weighted by Crippen LogP contribution is -2.38. The zero-order chi connectivity index (χ0) is 17.4. The van der Waals surface area contributed by atoms with Crippen molar-refractivity contribution in [3.63, 3.8) is 0 Å². The maximum Gasteiger partial charge on any atom is 0.171 e. The number of pyridine rings is 1. The number of hydrogen-bond acceptors (Lipinski definition) is 4. The van der Waals surface area contributed by atoms with Crippen LogP contribution in [0.2, 0.25) is 5.02 Å². The lowest BCUT2D eigenvalue weighted by molar-refractivity contribution is 0.0466. The van der Waals surface area contributed by atoms with E-state index in [1.54, 1.807) is 12.3 Å². The molecule has 0 amide bonds. The Morgan fingerprint density at radius 1 is 1.24 bits per heavy atom. The number of para-hydroxylation sites is 1. The van der Waals surface area contributed by atoms with E-state index in [-0.39, 0.29) is 12.2 Å². The molecule has 0 spiro atoms. The van der Waals surface area contributed by atoms with Crippen molar-refractivity contribution in [2.45, 2.75) is 37.7 Å². The average molecular weight is 357 g/mol. The van der Waals surface area contributed by atoms with Gasteiger partial charge in [-0.05, 0) is 62.5 Å². The first kappa shape index (κ1) is 16.6. The second kappa shape index (κ2) is 6.43. The number of Topliss-reactive ketones (excluding diaryl/α,β-unsaturated/α-hetero) is 1. The summed E-state index contributed by atoms with van der Waals surface area (Å²) in [5.74, 6) is 1.27. The number of hydrogen-bond donors (Lipinski definition) is 1. The summed E-state index contributed by atoms with van der Waals surface area (Å²) in [5.41, 5.74) is 1.81. The molecule has 1 N–H and O–H groups in total. The monoisotopic (exact) mass is 356 g/mol. The van der Waals surface area contributed by atoms with Crippen LogP contribution < -0.4 is 10.1 Å². The zero-order valence-corrected chi connectivity index (χ0v) is 15.0. The van der Waals surface area contributed by atoms with Crippen LogP contribution in [0.1, 0.15) is 53.7 Å². The molecule has 2 aliphatic rings. The van der Waals surface area contributed by atoms with E-state index in [0.717, 1.165) is 42.9 Å². The van der Waals surface area contributed by atoms with Gasteiger partial charge in [0.2, 0.25) is 0 Å². The number of aromatic nitrogens is 1. The van der Waals surface area contributed by atoms with Crippen LogP contribution >= 0.6 is 11.6 Å². The number of rotatable bonds is 2. The van der Waals surface area contributed by atoms with E-state index in [1.165, 1.54) is 0 Å². The Morgan fingerprint density at radius 3 is 2.76 bits per heavy atom. The normalized spacial score (nSPS) is 23.8. The largest absolute Gasteiger partial charge is 0.480 e. The maximum atomic E-state index is 12.8. The van der Waals surface area contributed by atoms with E-state index in [0.29, 0.717) is 16.5 Å². The third-order valence-corrected chi connectivity index (χ3v) is 5.44. The summed E-state index contributed by atoms with van der Waals surface area (Å²) in [6, 6.07) is 9.58. The third-order valence-electron chi connectivity index (χ3n) is 5.22. The second-order valence-electron chi connectivity index (χ2n) is 7.04. The Balaban J connectivity index is 1.75. The van der Waals surface area contributed by atoms with Gasteiger partial charge in [-0.15, -0.1) is 0 Å². The molecule has 2 aromatic rings. The number of piperidine rings is 1. The van der Waals surface area contributed by atoms with Gasteiger partial charge in [-0.3, -0.25) is 9.78 Å². The van der Waals surface area contributed by atoms with Gasteiger partial charge >= 0.3 is 0 Å². The predicted octanol–water partition coefficient (Wildman–Crippen LogP) is 4.08. The Labute approximate surface area is 152 Å². The maximum absolute atomic E-state index is 12.8. The average Bonchev–Trinajstić information content (AvgIpc) is 2.62. The summed E-state index contributed by atoms with van der Waals surface area (Å²) in [7, 11) is 0. The van der Waals surface area contributed by atoms with Crippen LogP contribution in [0.4, 0.5) is 0 Å². The minimum Gasteiger partial charge on any atom is -0.480 e. The highest BCUT2D eigenvalue weighted by Gasteiger charge is 2.40. The summed E-state index contributed by atoms with van der Waals surface area (Å²) in [6.07, 6.45) is 4.00. The van der Waals surface area contributed by atoms with E-state index in [2.05, 4.69) is 16.4 Å². The van der Waals surface area contributed by atoms with Crippen molar-refractivity contribution in [1.82, 2.24) is 10.3 Å². The van der Waals surface area contributed by atoms with Crippen molar-refractivity contribution in [3.05, 3.63) is 58.4 Å². The Kier molecular flexibility index (Phi) is 4.26. The van der Waals surface area contributed by atoms with E-state index >= 15 is 0 Å². The Hall–Kier alpha value is -1.91. The van der Waals surface area contributed by atoms with Crippen molar-refractivity contribution < 1.29 is 9.53 Å². The topological polar surface area (TPSA) is 51.2 Å². The van der Waals surface area contributed by atoms with Gasteiger partial charge in [-0.25, -0.2) is 0 Å². The first-order valence-electron chi connectivity index (χ1n) is 8.75. The lowest BCUT2D eigenvalue weighted by Gasteiger charge is -2.37. The molecule has 4 nitrogen and oxygen atoms in total. The molecule has 1 unspecified atom stereocenters. The molecule has 0 radical (unpaired) electrons. The fraction of sp³-hybridized carbons (Fsp3) is 0.400. The van der Waals surface area contributed by atoms with Gasteiger partial charge in [0.15, 0.2) is 11.4 Å². The number of ketones is 1. The highest BCUT2D eigenvalue weighted by molar-refractivity contribution is 6.30. The molecule has 130 valence electrons. The molecule has 3 heterocycles. The van der Waals surface area contributed by atoms with Gasteiger partial charge in [0.25, 0.3) is 0 Å². The zero-order valence-electron chi connectivity index (χ0n) is 14.2. The minimum absolute atomic E-state index is 0.108. The summed E-state index contributed by atoms with van der Waals surface area (Å²) < 4.78 is 6.45. The molecular weight excluding hydrogens is 336 g/mol. The van der Waals surface area contributed by atoms with Crippen LogP contribution in [0, 0.1) is 0 Å². The number of nitrogens with one attached hydrogen (secondary N) is 1. The Bertz CT molecular complexity index is 800. The summed E-state index contributed by atoms with van der Waals surface area (Å²) in [5, 5.41) is 3.96. The van der Waals surface area contributed by atoms with Gasteiger partial charge < -0.3 is 10.1 Å². The molecule has 0 bridgehead atoms. The minimum atomic E-state index is -0.766. The van der Waals surface area contributed by atoms with Gasteiger partial charge in [0.1, 0.15) is 5.75 Å². The van der Waals surface area contributed by atoms with Crippen LogP contribution in [0.25, 0.3) is 0 Å². The van der Waals surface area contributed by atoms with Crippen molar-refractivity contribution in [2.75, 3.05) is 13.1 Å². The van der Waals surface area contributed by atoms with Crippen LogP contribution in [-0.2, 0) is 5.60 Å². The second-order valence-corrected chi connectivity index (χ2v) is 7.48. The molecule has 0 aliphatic carbocycles. The van der Waals surface area contributed by atoms with Crippen molar-refractivity contribution >= 4 is 17.4 Å². The number of nitrogens with zero attached hydrogens (tertiary/aromatic N) is 1. The molecule has 0 saturated carbocycles. The van der Waals surface area contributed by atoms with Crippen LogP contribution in [0.15, 0.2) is 36.5 Å². The first-order chi connectivity index (χ1) is 12.1. The number of halogens is 1. The fourth-order valence-corrected chi connectivity index (χ4v) is 3.95. The van der Waals surface area contributed by atoms with Gasteiger partial charge in [-0.2, -0.15) is 0 Å². The van der Waals surface area contributed by atoms with E-state index < -0.39 is 5.60 Å². The van der Waals surface area contributed by atoms with Crippen molar-refractivity contribution in [3.8, 4) is 5.75 Å². The molecule has 1 saturated heterocycles. The third kappa shape index (κ3) is 3.05. The SMILES string of the molecule is CC1(c2ccc(Cl)cn2)CC(=O)c2cccc(C3CCNCC3)c2O1. The van der Waals surface area contributed by atoms with Gasteiger partial charge in [0, 0.05) is 6.20 Å². The van der Waals surface area contributed by atoms with Crippen LogP contribution in [0.3, 0.4) is 0 Å². The number of carbonyl (C=O) groups excluding carboxylic acids is 1. The van der Waals surface area contributed by atoms with E-state index in [4.69, 9.17) is 16.3 Å². The van der Waals surface area contributed by atoms with Crippen molar-refractivity contribution in [2.24, 2.45) is 0 Å². The number of ether oxygens (including phenoxy) is 1. The molecule has 2 aliphatic heterocycles. The molecule has 1 atom stereocenters. The fourth-order valence-electron chi connectivity index (χ4n) is 3.84. The Morgan fingerprint density at radius 2 is 2.04 bits per heavy atom. The van der Waals surface area contributed by atoms with Gasteiger partial charge in [0.05, 0.1) is 22.7 Å².